The maximum Gasteiger partial charge on any atom is 0.322 e. The fourth-order valence-electron chi connectivity index (χ4n) is 3.85. The third-order valence-corrected chi connectivity index (χ3v) is 6.88. The van der Waals surface area contributed by atoms with Crippen molar-refractivity contribution in [3.63, 3.8) is 0 Å². The molecule has 0 radical (unpaired) electrons. The minimum Gasteiger partial charge on any atom is -0.480 e. The fourth-order valence-corrected chi connectivity index (χ4v) is 5.69. The molecule has 1 fully saturated rings. The van der Waals surface area contributed by atoms with Gasteiger partial charge in [0.15, 0.2) is 0 Å². The van der Waals surface area contributed by atoms with Crippen LogP contribution in [0, 0.1) is 0 Å². The van der Waals surface area contributed by atoms with Crippen LogP contribution in [0.2, 0.25) is 0 Å². The molecule has 1 atom stereocenters. The summed E-state index contributed by atoms with van der Waals surface area (Å²) in [4.78, 5) is 11.6. The second-order valence-corrected chi connectivity index (χ2v) is 8.03. The Hall–Kier alpha value is -1.92. The fraction of sp³-hybridized carbons (Fsp3) is 0.353. The summed E-state index contributed by atoms with van der Waals surface area (Å²) < 4.78 is 27.3. The van der Waals surface area contributed by atoms with Gasteiger partial charge in [0.25, 0.3) is 0 Å². The van der Waals surface area contributed by atoms with E-state index in [4.69, 9.17) is 0 Å². The van der Waals surface area contributed by atoms with Crippen molar-refractivity contribution in [1.29, 1.82) is 0 Å². The Morgan fingerprint density at radius 1 is 1.13 bits per heavy atom. The molecule has 6 heteroatoms. The van der Waals surface area contributed by atoms with Crippen LogP contribution in [0.1, 0.15) is 24.0 Å². The third kappa shape index (κ3) is 2.09. The van der Waals surface area contributed by atoms with E-state index in [1.165, 1.54) is 11.1 Å². The molecule has 0 aromatic heterocycles. The number of carboxylic acid groups (broad SMARTS) is 1. The lowest BCUT2D eigenvalue weighted by Crippen LogP contribution is -2.40. The SMILES string of the molecule is O=C(O)[C@H]1CCCN1S(=O)(=O)c1ccc2c3c(cccc13)CC2. The van der Waals surface area contributed by atoms with E-state index < -0.39 is 22.0 Å². The summed E-state index contributed by atoms with van der Waals surface area (Å²) in [5.41, 5.74) is 2.34. The van der Waals surface area contributed by atoms with Crippen LogP contribution in [0.3, 0.4) is 0 Å². The molecule has 1 aliphatic heterocycles. The number of aliphatic carboxylic acids is 1. The van der Waals surface area contributed by atoms with Crippen LogP contribution in [0.25, 0.3) is 10.8 Å². The van der Waals surface area contributed by atoms with Crippen molar-refractivity contribution in [3.8, 4) is 0 Å². The summed E-state index contributed by atoms with van der Waals surface area (Å²) in [6, 6.07) is 8.29. The molecule has 1 aliphatic carbocycles. The van der Waals surface area contributed by atoms with Crippen LogP contribution < -0.4 is 0 Å². The molecule has 0 saturated carbocycles. The maximum absolute atomic E-state index is 13.1. The normalized spacial score (nSPS) is 21.1. The Balaban J connectivity index is 1.91. The van der Waals surface area contributed by atoms with Gasteiger partial charge in [0, 0.05) is 11.9 Å². The summed E-state index contributed by atoms with van der Waals surface area (Å²) in [5.74, 6) is -1.07. The van der Waals surface area contributed by atoms with Crippen LogP contribution >= 0.6 is 0 Å². The number of hydrogen-bond acceptors (Lipinski definition) is 3. The lowest BCUT2D eigenvalue weighted by molar-refractivity contribution is -0.140. The monoisotopic (exact) mass is 331 g/mol. The smallest absolute Gasteiger partial charge is 0.322 e. The van der Waals surface area contributed by atoms with Gasteiger partial charge in [-0.05, 0) is 48.3 Å². The van der Waals surface area contributed by atoms with Crippen LogP contribution in [0.15, 0.2) is 35.2 Å². The molecule has 2 aromatic carbocycles. The van der Waals surface area contributed by atoms with E-state index >= 15 is 0 Å². The van der Waals surface area contributed by atoms with Gasteiger partial charge < -0.3 is 5.11 Å². The lowest BCUT2D eigenvalue weighted by Gasteiger charge is -2.22. The van der Waals surface area contributed by atoms with Gasteiger partial charge in [0.05, 0.1) is 4.90 Å². The highest BCUT2D eigenvalue weighted by Crippen LogP contribution is 2.36. The number of sulfonamides is 1. The molecule has 0 unspecified atom stereocenters. The standard InChI is InChI=1S/C17H17NO4S/c19-17(20)14-5-2-10-18(14)23(21,22)15-9-8-12-7-6-11-3-1-4-13(15)16(11)12/h1,3-4,8-9,14H,2,5-7,10H2,(H,19,20)/t14-/m1/s1. The summed E-state index contributed by atoms with van der Waals surface area (Å²) >= 11 is 0. The summed E-state index contributed by atoms with van der Waals surface area (Å²) in [7, 11) is -3.81. The quantitative estimate of drug-likeness (QED) is 0.935. The second kappa shape index (κ2) is 5.04. The third-order valence-electron chi connectivity index (χ3n) is 4.91. The topological polar surface area (TPSA) is 74.7 Å². The van der Waals surface area contributed by atoms with Crippen molar-refractivity contribution in [2.24, 2.45) is 0 Å². The molecule has 1 saturated heterocycles. The predicted octanol–water partition coefficient (Wildman–Crippen LogP) is 2.18. The first-order valence-electron chi connectivity index (χ1n) is 7.78. The number of aryl methyl sites for hydroxylation is 2. The molecule has 2 aliphatic rings. The summed E-state index contributed by atoms with van der Waals surface area (Å²) in [5, 5.41) is 11.0. The van der Waals surface area contributed by atoms with E-state index in [1.807, 2.05) is 24.3 Å². The average molecular weight is 331 g/mol. The van der Waals surface area contributed by atoms with E-state index in [0.29, 0.717) is 18.2 Å². The summed E-state index contributed by atoms with van der Waals surface area (Å²) in [6.45, 7) is 0.266. The van der Waals surface area contributed by atoms with Crippen molar-refractivity contribution >= 4 is 26.8 Å². The molecular weight excluding hydrogens is 314 g/mol. The number of nitrogens with zero attached hydrogens (tertiary/aromatic N) is 1. The van der Waals surface area contributed by atoms with E-state index in [2.05, 4.69) is 0 Å². The molecule has 120 valence electrons. The molecule has 1 heterocycles. The molecule has 0 amide bonds. The van der Waals surface area contributed by atoms with E-state index in [0.717, 1.165) is 22.5 Å². The minimum absolute atomic E-state index is 0.230. The van der Waals surface area contributed by atoms with Crippen LogP contribution in [-0.4, -0.2) is 36.4 Å². The van der Waals surface area contributed by atoms with Gasteiger partial charge >= 0.3 is 5.97 Å². The molecule has 4 rings (SSSR count). The Bertz CT molecular complexity index is 909. The number of benzene rings is 2. The minimum atomic E-state index is -3.81. The largest absolute Gasteiger partial charge is 0.480 e. The van der Waals surface area contributed by atoms with Gasteiger partial charge in [0.2, 0.25) is 10.0 Å². The van der Waals surface area contributed by atoms with Gasteiger partial charge in [0.1, 0.15) is 6.04 Å². The zero-order valence-electron chi connectivity index (χ0n) is 12.5. The van der Waals surface area contributed by atoms with E-state index in [1.54, 1.807) is 6.07 Å². The second-order valence-electron chi connectivity index (χ2n) is 6.17. The number of carbonyl (C=O) groups is 1. The Kier molecular flexibility index (Phi) is 3.21. The first kappa shape index (κ1) is 14.7. The zero-order chi connectivity index (χ0) is 16.2. The van der Waals surface area contributed by atoms with Gasteiger partial charge in [-0.25, -0.2) is 8.42 Å². The number of hydrogen-bond donors (Lipinski definition) is 1. The van der Waals surface area contributed by atoms with Gasteiger partial charge in [-0.1, -0.05) is 24.3 Å². The van der Waals surface area contributed by atoms with Gasteiger partial charge in [-0.15, -0.1) is 0 Å². The van der Waals surface area contributed by atoms with E-state index in [-0.39, 0.29) is 11.4 Å². The lowest BCUT2D eigenvalue weighted by atomic mass is 10.1. The molecule has 23 heavy (non-hydrogen) atoms. The Morgan fingerprint density at radius 2 is 1.87 bits per heavy atom. The average Bonchev–Trinajstić information content (AvgIpc) is 3.16. The van der Waals surface area contributed by atoms with Crippen LogP contribution in [0.5, 0.6) is 0 Å². The van der Waals surface area contributed by atoms with E-state index in [9.17, 15) is 18.3 Å². The highest BCUT2D eigenvalue weighted by molar-refractivity contribution is 7.89. The van der Waals surface area contributed by atoms with Crippen molar-refractivity contribution in [2.45, 2.75) is 36.6 Å². The number of rotatable bonds is 3. The molecule has 2 aromatic rings. The molecule has 5 nitrogen and oxygen atoms in total. The number of carboxylic acids is 1. The molecular formula is C17H17NO4S. The Morgan fingerprint density at radius 3 is 2.61 bits per heavy atom. The molecule has 0 spiro atoms. The zero-order valence-corrected chi connectivity index (χ0v) is 13.3. The van der Waals surface area contributed by atoms with Crippen molar-refractivity contribution < 1.29 is 18.3 Å². The van der Waals surface area contributed by atoms with Crippen molar-refractivity contribution in [2.75, 3.05) is 6.54 Å². The first-order chi connectivity index (χ1) is 11.0. The van der Waals surface area contributed by atoms with Crippen molar-refractivity contribution in [1.82, 2.24) is 4.31 Å². The predicted molar refractivity (Wildman–Crippen MR) is 85.9 cm³/mol. The van der Waals surface area contributed by atoms with Gasteiger partial charge in [-0.3, -0.25) is 4.79 Å². The van der Waals surface area contributed by atoms with Crippen molar-refractivity contribution in [3.05, 3.63) is 41.5 Å². The molecule has 1 N–H and O–H groups in total. The first-order valence-corrected chi connectivity index (χ1v) is 9.22. The highest BCUT2D eigenvalue weighted by atomic mass is 32.2. The van der Waals surface area contributed by atoms with Crippen LogP contribution in [0.4, 0.5) is 0 Å². The van der Waals surface area contributed by atoms with Crippen LogP contribution in [-0.2, 0) is 27.7 Å². The van der Waals surface area contributed by atoms with Gasteiger partial charge in [-0.2, -0.15) is 4.31 Å². The molecule has 0 bridgehead atoms. The summed E-state index contributed by atoms with van der Waals surface area (Å²) in [6.07, 6.45) is 2.81. The Labute approximate surface area is 134 Å². The maximum atomic E-state index is 13.1. The highest BCUT2D eigenvalue weighted by Gasteiger charge is 2.40.